The van der Waals surface area contributed by atoms with E-state index in [4.69, 9.17) is 0 Å². The van der Waals surface area contributed by atoms with Crippen molar-refractivity contribution < 1.29 is 18.3 Å². The van der Waals surface area contributed by atoms with Crippen LogP contribution in [0.4, 0.5) is 13.2 Å². The highest BCUT2D eigenvalue weighted by atomic mass is 19.4. The Morgan fingerprint density at radius 3 is 2.60 bits per heavy atom. The van der Waals surface area contributed by atoms with Gasteiger partial charge in [0.05, 0.1) is 12.6 Å². The third-order valence-corrected chi connectivity index (χ3v) is 3.83. The summed E-state index contributed by atoms with van der Waals surface area (Å²) in [4.78, 5) is 1.92. The summed E-state index contributed by atoms with van der Waals surface area (Å²) < 4.78 is 39.2. The number of aliphatic hydroxyl groups is 1. The van der Waals surface area contributed by atoms with Gasteiger partial charge in [-0.05, 0) is 5.92 Å². The molecule has 5 nitrogen and oxygen atoms in total. The average Bonchev–Trinajstić information content (AvgIpc) is 2.80. The first-order valence-electron chi connectivity index (χ1n) is 6.72. The van der Waals surface area contributed by atoms with E-state index in [0.29, 0.717) is 18.9 Å². The van der Waals surface area contributed by atoms with Gasteiger partial charge < -0.3 is 9.67 Å². The number of alkyl halides is 3. The molecule has 2 atom stereocenters. The van der Waals surface area contributed by atoms with E-state index in [1.54, 1.807) is 0 Å². The fourth-order valence-electron chi connectivity index (χ4n) is 2.29. The van der Waals surface area contributed by atoms with Gasteiger partial charge in [-0.2, -0.15) is 13.2 Å². The molecule has 0 aromatic carbocycles. The lowest BCUT2D eigenvalue weighted by atomic mass is 10.0. The first-order valence-corrected chi connectivity index (χ1v) is 6.72. The van der Waals surface area contributed by atoms with Gasteiger partial charge in [0, 0.05) is 19.6 Å². The molecule has 1 N–H and O–H groups in total. The lowest BCUT2D eigenvalue weighted by Crippen LogP contribution is -2.41. The van der Waals surface area contributed by atoms with Crippen LogP contribution in [0.3, 0.4) is 0 Å². The average molecular weight is 292 g/mol. The molecule has 0 saturated heterocycles. The van der Waals surface area contributed by atoms with Crippen molar-refractivity contribution in [2.75, 3.05) is 13.1 Å². The van der Waals surface area contributed by atoms with E-state index in [-0.39, 0.29) is 19.0 Å². The van der Waals surface area contributed by atoms with E-state index in [0.717, 1.165) is 11.0 Å². The Hall–Kier alpha value is -1.15. The standard InChI is InChI=1S/C12H19F3N4O/c1-3-8(2)9(20)6-18-4-5-19-10(7-18)16-17-11(19)12(13,14)15/h8-9,20H,3-7H2,1-2H3. The number of aliphatic hydroxyl groups excluding tert-OH is 1. The van der Waals surface area contributed by atoms with E-state index in [9.17, 15) is 18.3 Å². The highest BCUT2D eigenvalue weighted by molar-refractivity contribution is 5.02. The monoisotopic (exact) mass is 292 g/mol. The molecule has 2 unspecified atom stereocenters. The van der Waals surface area contributed by atoms with Gasteiger partial charge in [-0.1, -0.05) is 20.3 Å². The summed E-state index contributed by atoms with van der Waals surface area (Å²) in [6.45, 7) is 5.35. The summed E-state index contributed by atoms with van der Waals surface area (Å²) in [7, 11) is 0. The van der Waals surface area contributed by atoms with Crippen LogP contribution in [0.1, 0.15) is 31.9 Å². The van der Waals surface area contributed by atoms with E-state index < -0.39 is 18.1 Å². The van der Waals surface area contributed by atoms with Gasteiger partial charge >= 0.3 is 6.18 Å². The second-order valence-corrected chi connectivity index (χ2v) is 5.28. The quantitative estimate of drug-likeness (QED) is 0.914. The molecule has 2 heterocycles. The number of halogens is 3. The largest absolute Gasteiger partial charge is 0.451 e. The molecule has 0 aliphatic carbocycles. The van der Waals surface area contributed by atoms with Crippen LogP contribution in [-0.2, 0) is 19.3 Å². The summed E-state index contributed by atoms with van der Waals surface area (Å²) in [6, 6.07) is 0. The van der Waals surface area contributed by atoms with Crippen LogP contribution < -0.4 is 0 Å². The SMILES string of the molecule is CCC(C)C(O)CN1CCn2c(nnc2C(F)(F)F)C1. The Bertz CT molecular complexity index is 460. The molecule has 0 bridgehead atoms. The first-order chi connectivity index (χ1) is 9.32. The van der Waals surface area contributed by atoms with Crippen LogP contribution in [0, 0.1) is 5.92 Å². The van der Waals surface area contributed by atoms with E-state index in [2.05, 4.69) is 10.2 Å². The Balaban J connectivity index is 2.04. The fourth-order valence-corrected chi connectivity index (χ4v) is 2.29. The number of aromatic nitrogens is 3. The van der Waals surface area contributed by atoms with E-state index in [1.165, 1.54) is 0 Å². The second-order valence-electron chi connectivity index (χ2n) is 5.28. The molecule has 8 heteroatoms. The van der Waals surface area contributed by atoms with Gasteiger partial charge in [-0.3, -0.25) is 4.90 Å². The highest BCUT2D eigenvalue weighted by Crippen LogP contribution is 2.29. The van der Waals surface area contributed by atoms with Gasteiger partial charge in [0.1, 0.15) is 5.82 Å². The molecule has 114 valence electrons. The Kier molecular flexibility index (Phi) is 4.33. The van der Waals surface area contributed by atoms with Crippen molar-refractivity contribution >= 4 is 0 Å². The zero-order valence-corrected chi connectivity index (χ0v) is 11.6. The minimum Gasteiger partial charge on any atom is -0.392 e. The summed E-state index contributed by atoms with van der Waals surface area (Å²) in [6.07, 6.45) is -4.08. The molecular weight excluding hydrogens is 273 g/mol. The summed E-state index contributed by atoms with van der Waals surface area (Å²) in [5.74, 6) is -0.463. The fraction of sp³-hybridized carbons (Fsp3) is 0.833. The van der Waals surface area contributed by atoms with E-state index >= 15 is 0 Å². The molecule has 1 aliphatic heterocycles. The zero-order chi connectivity index (χ0) is 14.9. The van der Waals surface area contributed by atoms with Gasteiger partial charge in [0.15, 0.2) is 0 Å². The van der Waals surface area contributed by atoms with Crippen molar-refractivity contribution in [3.05, 3.63) is 11.6 Å². The third kappa shape index (κ3) is 3.12. The summed E-state index contributed by atoms with van der Waals surface area (Å²) >= 11 is 0. The lowest BCUT2D eigenvalue weighted by molar-refractivity contribution is -0.148. The maximum atomic E-state index is 12.7. The van der Waals surface area contributed by atoms with Crippen molar-refractivity contribution in [3.8, 4) is 0 Å². The molecular formula is C12H19F3N4O. The lowest BCUT2D eigenvalue weighted by Gasteiger charge is -2.31. The predicted molar refractivity (Wildman–Crippen MR) is 65.8 cm³/mol. The molecule has 0 amide bonds. The Morgan fingerprint density at radius 1 is 1.30 bits per heavy atom. The van der Waals surface area contributed by atoms with Crippen molar-refractivity contribution in [1.29, 1.82) is 0 Å². The van der Waals surface area contributed by atoms with Crippen molar-refractivity contribution in [3.63, 3.8) is 0 Å². The van der Waals surface area contributed by atoms with Crippen LogP contribution in [0.25, 0.3) is 0 Å². The molecule has 1 aromatic rings. The van der Waals surface area contributed by atoms with Crippen LogP contribution in [0.2, 0.25) is 0 Å². The zero-order valence-electron chi connectivity index (χ0n) is 11.6. The van der Waals surface area contributed by atoms with Crippen LogP contribution in [0.15, 0.2) is 0 Å². The number of hydrogen-bond acceptors (Lipinski definition) is 4. The minimum absolute atomic E-state index is 0.167. The topological polar surface area (TPSA) is 54.2 Å². The number of nitrogens with zero attached hydrogens (tertiary/aromatic N) is 4. The Labute approximate surface area is 115 Å². The maximum Gasteiger partial charge on any atom is 0.451 e. The molecule has 20 heavy (non-hydrogen) atoms. The van der Waals surface area contributed by atoms with Crippen molar-refractivity contribution in [2.45, 2.75) is 45.6 Å². The van der Waals surface area contributed by atoms with Gasteiger partial charge in [0.2, 0.25) is 5.82 Å². The third-order valence-electron chi connectivity index (χ3n) is 3.83. The molecule has 2 rings (SSSR count). The second kappa shape index (κ2) is 5.69. The molecule has 0 spiro atoms. The van der Waals surface area contributed by atoms with Crippen molar-refractivity contribution in [1.82, 2.24) is 19.7 Å². The van der Waals surface area contributed by atoms with Crippen LogP contribution >= 0.6 is 0 Å². The number of fused-ring (bicyclic) bond motifs is 1. The molecule has 1 aromatic heterocycles. The van der Waals surface area contributed by atoms with Gasteiger partial charge in [-0.15, -0.1) is 10.2 Å². The van der Waals surface area contributed by atoms with Crippen LogP contribution in [-0.4, -0.2) is 44.0 Å². The molecule has 0 saturated carbocycles. The molecule has 0 radical (unpaired) electrons. The van der Waals surface area contributed by atoms with Gasteiger partial charge in [-0.25, -0.2) is 0 Å². The van der Waals surface area contributed by atoms with Gasteiger partial charge in [0.25, 0.3) is 0 Å². The normalized spacial score (nSPS) is 19.7. The van der Waals surface area contributed by atoms with Crippen molar-refractivity contribution in [2.24, 2.45) is 5.92 Å². The smallest absolute Gasteiger partial charge is 0.392 e. The van der Waals surface area contributed by atoms with Crippen LogP contribution in [0.5, 0.6) is 0 Å². The first kappa shape index (κ1) is 15.2. The van der Waals surface area contributed by atoms with E-state index in [1.807, 2.05) is 18.7 Å². The summed E-state index contributed by atoms with van der Waals surface area (Å²) in [5.41, 5.74) is 0. The summed E-state index contributed by atoms with van der Waals surface area (Å²) in [5, 5.41) is 16.8. The molecule has 0 fully saturated rings. The number of β-amino-alcohol motifs (C(OH)–C–C–N with tert-alkyl or cyclic N) is 1. The maximum absolute atomic E-state index is 12.7. The Morgan fingerprint density at radius 2 is 2.00 bits per heavy atom. The predicted octanol–water partition coefficient (Wildman–Crippen LogP) is 1.52. The number of rotatable bonds is 4. The molecule has 1 aliphatic rings. The number of hydrogen-bond donors (Lipinski definition) is 1. The minimum atomic E-state index is -4.47. The highest BCUT2D eigenvalue weighted by Gasteiger charge is 2.39.